The van der Waals surface area contributed by atoms with Crippen LogP contribution in [0.25, 0.3) is 22.5 Å². The molecule has 0 saturated heterocycles. The monoisotopic (exact) mass is 442 g/mol. The van der Waals surface area contributed by atoms with Crippen molar-refractivity contribution in [2.24, 2.45) is 0 Å². The summed E-state index contributed by atoms with van der Waals surface area (Å²) >= 11 is 0. The van der Waals surface area contributed by atoms with Crippen LogP contribution >= 0.6 is 0 Å². The van der Waals surface area contributed by atoms with Crippen molar-refractivity contribution in [2.75, 3.05) is 0 Å². The molecule has 2 heterocycles. The molecule has 2 aromatic heterocycles. The average Bonchev–Trinajstić information content (AvgIpc) is 2.70. The molecule has 0 amide bonds. The van der Waals surface area contributed by atoms with Crippen LogP contribution in [0.3, 0.4) is 0 Å². The van der Waals surface area contributed by atoms with Crippen LogP contribution in [0.15, 0.2) is 85.5 Å². The Balaban J connectivity index is 0.000000187. The first-order chi connectivity index (χ1) is 12.7. The second kappa shape index (κ2) is 10.4. The fourth-order valence-corrected chi connectivity index (χ4v) is 2.44. The Morgan fingerprint density at radius 2 is 0.889 bits per heavy atom. The van der Waals surface area contributed by atoms with Crippen molar-refractivity contribution in [1.29, 1.82) is 0 Å². The Hall–Kier alpha value is -2.78. The minimum atomic E-state index is 0. The SMILES string of the molecule is Cc1cc(-c2ccccc2)ncn1.Cc1cc(-c2ccccc2)ncn1.[Ru+3]. The molecule has 0 aliphatic rings. The van der Waals surface area contributed by atoms with Gasteiger partial charge in [-0.25, -0.2) is 19.9 Å². The van der Waals surface area contributed by atoms with Crippen LogP contribution in [0.5, 0.6) is 0 Å². The molecule has 27 heavy (non-hydrogen) atoms. The summed E-state index contributed by atoms with van der Waals surface area (Å²) in [7, 11) is 0. The zero-order valence-electron chi connectivity index (χ0n) is 15.2. The molecule has 4 aromatic rings. The van der Waals surface area contributed by atoms with E-state index in [4.69, 9.17) is 0 Å². The third-order valence-electron chi connectivity index (χ3n) is 3.75. The first-order valence-electron chi connectivity index (χ1n) is 8.40. The van der Waals surface area contributed by atoms with E-state index in [1.54, 1.807) is 12.7 Å². The van der Waals surface area contributed by atoms with Crippen LogP contribution in [0, 0.1) is 13.8 Å². The summed E-state index contributed by atoms with van der Waals surface area (Å²) < 4.78 is 0. The van der Waals surface area contributed by atoms with E-state index < -0.39 is 0 Å². The maximum Gasteiger partial charge on any atom is 3.00 e. The molecular formula is C22H20N4Ru+3. The summed E-state index contributed by atoms with van der Waals surface area (Å²) in [5, 5.41) is 0. The van der Waals surface area contributed by atoms with E-state index in [1.165, 1.54) is 0 Å². The summed E-state index contributed by atoms with van der Waals surface area (Å²) in [5.41, 5.74) is 6.21. The van der Waals surface area contributed by atoms with Crippen molar-refractivity contribution in [3.8, 4) is 22.5 Å². The van der Waals surface area contributed by atoms with E-state index in [0.717, 1.165) is 33.9 Å². The van der Waals surface area contributed by atoms with Crippen molar-refractivity contribution in [1.82, 2.24) is 19.9 Å². The predicted molar refractivity (Wildman–Crippen MR) is 104 cm³/mol. The van der Waals surface area contributed by atoms with Crippen molar-refractivity contribution in [3.05, 3.63) is 96.8 Å². The Morgan fingerprint density at radius 1 is 0.519 bits per heavy atom. The molecule has 0 aliphatic carbocycles. The summed E-state index contributed by atoms with van der Waals surface area (Å²) in [6.07, 6.45) is 3.19. The number of hydrogen-bond acceptors (Lipinski definition) is 4. The van der Waals surface area contributed by atoms with Crippen molar-refractivity contribution >= 4 is 0 Å². The molecule has 0 saturated carbocycles. The first-order valence-corrected chi connectivity index (χ1v) is 8.40. The van der Waals surface area contributed by atoms with Gasteiger partial charge in [-0.3, -0.25) is 0 Å². The van der Waals surface area contributed by atoms with Gasteiger partial charge in [0.15, 0.2) is 0 Å². The molecule has 4 rings (SSSR count). The van der Waals surface area contributed by atoms with Gasteiger partial charge in [0, 0.05) is 22.5 Å². The molecule has 0 unspecified atom stereocenters. The fourth-order valence-electron chi connectivity index (χ4n) is 2.44. The molecular weight excluding hydrogens is 421 g/mol. The standard InChI is InChI=1S/2C11H10N2.Ru/c2*1-9-7-11(13-8-12-9)10-5-3-2-4-6-10;/h2*2-8H,1H3;/q;;+3. The minimum Gasteiger partial charge on any atom is -0.242 e. The molecule has 0 spiro atoms. The van der Waals surface area contributed by atoms with E-state index in [1.807, 2.05) is 86.6 Å². The van der Waals surface area contributed by atoms with Crippen molar-refractivity contribution < 1.29 is 19.5 Å². The largest absolute Gasteiger partial charge is 3.00 e. The van der Waals surface area contributed by atoms with Gasteiger partial charge < -0.3 is 0 Å². The van der Waals surface area contributed by atoms with Gasteiger partial charge in [0.25, 0.3) is 0 Å². The molecule has 5 heteroatoms. The number of hydrogen-bond donors (Lipinski definition) is 0. The number of aryl methyl sites for hydroxylation is 2. The van der Waals surface area contributed by atoms with Crippen molar-refractivity contribution in [2.45, 2.75) is 13.8 Å². The van der Waals surface area contributed by atoms with E-state index in [0.29, 0.717) is 0 Å². The predicted octanol–water partition coefficient (Wildman–Crippen LogP) is 4.90. The number of rotatable bonds is 2. The normalized spacial score (nSPS) is 9.56. The fraction of sp³-hybridized carbons (Fsp3) is 0.0909. The summed E-state index contributed by atoms with van der Waals surface area (Å²) in [6, 6.07) is 24.2. The maximum absolute atomic E-state index is 4.20. The van der Waals surface area contributed by atoms with Crippen LogP contribution in [-0.2, 0) is 19.5 Å². The maximum atomic E-state index is 4.20. The molecule has 2 aromatic carbocycles. The van der Waals surface area contributed by atoms with Crippen molar-refractivity contribution in [3.63, 3.8) is 0 Å². The Bertz CT molecular complexity index is 879. The quantitative estimate of drug-likeness (QED) is 0.415. The molecule has 4 nitrogen and oxygen atoms in total. The van der Waals surface area contributed by atoms with Gasteiger partial charge in [-0.05, 0) is 26.0 Å². The van der Waals surface area contributed by atoms with Crippen LogP contribution in [0.1, 0.15) is 11.4 Å². The van der Waals surface area contributed by atoms with Gasteiger partial charge in [0.05, 0.1) is 11.4 Å². The number of aromatic nitrogens is 4. The van der Waals surface area contributed by atoms with Crippen LogP contribution in [0.2, 0.25) is 0 Å². The third-order valence-corrected chi connectivity index (χ3v) is 3.75. The van der Waals surface area contributed by atoms with Gasteiger partial charge in [-0.15, -0.1) is 0 Å². The Morgan fingerprint density at radius 3 is 1.22 bits per heavy atom. The van der Waals surface area contributed by atoms with Crippen LogP contribution < -0.4 is 0 Å². The zero-order valence-corrected chi connectivity index (χ0v) is 17.0. The summed E-state index contributed by atoms with van der Waals surface area (Å²) in [5.74, 6) is 0. The van der Waals surface area contributed by atoms with Crippen LogP contribution in [-0.4, -0.2) is 19.9 Å². The molecule has 0 bridgehead atoms. The second-order valence-corrected chi connectivity index (χ2v) is 5.82. The first kappa shape index (κ1) is 20.5. The molecule has 0 atom stereocenters. The van der Waals surface area contributed by atoms with E-state index in [2.05, 4.69) is 19.9 Å². The third kappa shape index (κ3) is 6.16. The molecule has 0 N–H and O–H groups in total. The number of nitrogens with zero attached hydrogens (tertiary/aromatic N) is 4. The minimum absolute atomic E-state index is 0. The summed E-state index contributed by atoms with van der Waals surface area (Å²) in [6.45, 7) is 3.93. The zero-order chi connectivity index (χ0) is 18.2. The second-order valence-electron chi connectivity index (χ2n) is 5.82. The molecule has 133 valence electrons. The number of benzene rings is 2. The van der Waals surface area contributed by atoms with Gasteiger partial charge in [-0.1, -0.05) is 60.7 Å². The van der Waals surface area contributed by atoms with Gasteiger partial charge in [0.2, 0.25) is 0 Å². The molecule has 0 aliphatic heterocycles. The smallest absolute Gasteiger partial charge is 0.242 e. The molecule has 0 fully saturated rings. The Kier molecular flexibility index (Phi) is 7.90. The average molecular weight is 442 g/mol. The van der Waals surface area contributed by atoms with Gasteiger partial charge in [0.1, 0.15) is 12.7 Å². The van der Waals surface area contributed by atoms with Gasteiger partial charge >= 0.3 is 19.5 Å². The summed E-state index contributed by atoms with van der Waals surface area (Å²) in [4.78, 5) is 16.5. The van der Waals surface area contributed by atoms with Crippen LogP contribution in [0.4, 0.5) is 0 Å². The Labute approximate surface area is 172 Å². The molecule has 1 radical (unpaired) electrons. The van der Waals surface area contributed by atoms with E-state index >= 15 is 0 Å². The van der Waals surface area contributed by atoms with E-state index in [-0.39, 0.29) is 19.5 Å². The topological polar surface area (TPSA) is 51.6 Å². The van der Waals surface area contributed by atoms with E-state index in [9.17, 15) is 0 Å². The van der Waals surface area contributed by atoms with Gasteiger partial charge in [-0.2, -0.15) is 0 Å².